The van der Waals surface area contributed by atoms with Crippen LogP contribution >= 0.6 is 11.8 Å². The van der Waals surface area contributed by atoms with E-state index in [9.17, 15) is 8.78 Å². The smallest absolute Gasteiger partial charge is 0.288 e. The van der Waals surface area contributed by atoms with E-state index in [1.54, 1.807) is 6.07 Å². The average Bonchev–Trinajstić information content (AvgIpc) is 3.10. The molecule has 116 valence electrons. The third kappa shape index (κ3) is 3.69. The molecule has 5 heteroatoms. The number of hydrogen-bond donors (Lipinski definition) is 2. The second-order valence-electron chi connectivity index (χ2n) is 5.92. The van der Waals surface area contributed by atoms with Gasteiger partial charge in [0.05, 0.1) is 0 Å². The Hall–Kier alpha value is -0.810. The molecule has 1 saturated carbocycles. The summed E-state index contributed by atoms with van der Waals surface area (Å²) in [5.74, 6) is -1.75. The van der Waals surface area contributed by atoms with E-state index in [1.807, 2.05) is 18.2 Å². The molecule has 0 spiro atoms. The van der Waals surface area contributed by atoms with Crippen molar-refractivity contribution in [1.29, 1.82) is 0 Å². The number of anilines is 1. The summed E-state index contributed by atoms with van der Waals surface area (Å²) in [5.41, 5.74) is 0.859. The van der Waals surface area contributed by atoms with Crippen molar-refractivity contribution in [2.45, 2.75) is 54.8 Å². The molecule has 2 fully saturated rings. The van der Waals surface area contributed by atoms with Crippen molar-refractivity contribution in [1.82, 2.24) is 5.32 Å². The van der Waals surface area contributed by atoms with Crippen LogP contribution in [0, 0.1) is 5.92 Å². The zero-order valence-corrected chi connectivity index (χ0v) is 12.8. The van der Waals surface area contributed by atoms with Crippen LogP contribution < -0.4 is 10.6 Å². The first-order valence-electron chi connectivity index (χ1n) is 7.78. The Kier molecular flexibility index (Phi) is 5.01. The molecular formula is C16H22F2N2S. The Labute approximate surface area is 129 Å². The summed E-state index contributed by atoms with van der Waals surface area (Å²) in [5, 5.41) is 7.14. The molecule has 2 aliphatic rings. The molecule has 3 unspecified atom stereocenters. The summed E-state index contributed by atoms with van der Waals surface area (Å²) in [6.45, 7) is 1.12. The normalized spacial score (nSPS) is 29.2. The number of benzene rings is 1. The van der Waals surface area contributed by atoms with Gasteiger partial charge in [-0.1, -0.05) is 30.3 Å². The molecule has 0 bridgehead atoms. The van der Waals surface area contributed by atoms with Crippen LogP contribution in [0.5, 0.6) is 0 Å². The molecule has 2 N–H and O–H groups in total. The zero-order chi connectivity index (χ0) is 14.7. The van der Waals surface area contributed by atoms with Gasteiger partial charge in [-0.15, -0.1) is 0 Å². The fraction of sp³-hybridized carbons (Fsp3) is 0.625. The lowest BCUT2D eigenvalue weighted by atomic mass is 9.93. The highest BCUT2D eigenvalue weighted by molar-refractivity contribution is 7.99. The molecule has 1 saturated heterocycles. The number of para-hydroxylation sites is 1. The molecule has 3 atom stereocenters. The maximum atomic E-state index is 12.7. The van der Waals surface area contributed by atoms with Gasteiger partial charge in [-0.2, -0.15) is 8.78 Å². The highest BCUT2D eigenvalue weighted by Crippen LogP contribution is 2.37. The Morgan fingerprint density at radius 3 is 2.76 bits per heavy atom. The van der Waals surface area contributed by atoms with Gasteiger partial charge in [0.25, 0.3) is 5.76 Å². The van der Waals surface area contributed by atoms with Crippen LogP contribution in [-0.4, -0.2) is 24.4 Å². The lowest BCUT2D eigenvalue weighted by molar-refractivity contribution is 0.252. The van der Waals surface area contributed by atoms with Gasteiger partial charge in [0.15, 0.2) is 0 Å². The molecule has 0 amide bonds. The molecule has 3 rings (SSSR count). The van der Waals surface area contributed by atoms with Crippen LogP contribution in [-0.2, 0) is 0 Å². The van der Waals surface area contributed by atoms with Gasteiger partial charge in [0.2, 0.25) is 0 Å². The number of rotatable bonds is 5. The van der Waals surface area contributed by atoms with Crippen molar-refractivity contribution < 1.29 is 8.78 Å². The monoisotopic (exact) mass is 312 g/mol. The maximum absolute atomic E-state index is 12.7. The SMILES string of the molecule is FC(F)Sc1ccccc1NC1CCCC1C1CCCN1. The number of nitrogens with one attached hydrogen (secondary N) is 2. The molecule has 0 aromatic heterocycles. The Bertz CT molecular complexity index is 463. The zero-order valence-electron chi connectivity index (χ0n) is 12.0. The summed E-state index contributed by atoms with van der Waals surface area (Å²) in [4.78, 5) is 0.650. The van der Waals surface area contributed by atoms with E-state index in [0.29, 0.717) is 34.7 Å². The van der Waals surface area contributed by atoms with Crippen LogP contribution in [0.4, 0.5) is 14.5 Å². The van der Waals surface area contributed by atoms with Crippen LogP contribution in [0.1, 0.15) is 32.1 Å². The van der Waals surface area contributed by atoms with Gasteiger partial charge < -0.3 is 10.6 Å². The summed E-state index contributed by atoms with van der Waals surface area (Å²) in [7, 11) is 0. The molecule has 1 aliphatic heterocycles. The third-order valence-electron chi connectivity index (χ3n) is 4.63. The van der Waals surface area contributed by atoms with Crippen molar-refractivity contribution in [3.8, 4) is 0 Å². The summed E-state index contributed by atoms with van der Waals surface area (Å²) in [6, 6.07) is 8.43. The number of hydrogen-bond acceptors (Lipinski definition) is 3. The molecule has 21 heavy (non-hydrogen) atoms. The fourth-order valence-electron chi connectivity index (χ4n) is 3.71. The fourth-order valence-corrected chi connectivity index (χ4v) is 4.31. The highest BCUT2D eigenvalue weighted by atomic mass is 32.2. The molecule has 1 heterocycles. The van der Waals surface area contributed by atoms with Crippen molar-refractivity contribution in [2.75, 3.05) is 11.9 Å². The van der Waals surface area contributed by atoms with Crippen molar-refractivity contribution in [3.05, 3.63) is 24.3 Å². The van der Waals surface area contributed by atoms with Crippen LogP contribution in [0.25, 0.3) is 0 Å². The lowest BCUT2D eigenvalue weighted by Crippen LogP contribution is -2.38. The largest absolute Gasteiger partial charge is 0.381 e. The van der Waals surface area contributed by atoms with Crippen molar-refractivity contribution in [2.24, 2.45) is 5.92 Å². The minimum atomic E-state index is -2.37. The summed E-state index contributed by atoms with van der Waals surface area (Å²) >= 11 is 0.630. The molecular weight excluding hydrogens is 290 g/mol. The second kappa shape index (κ2) is 6.97. The standard InChI is InChI=1S/C16H22F2N2S/c17-16(18)21-15-9-2-1-6-14(15)20-13-7-3-5-11(13)12-8-4-10-19-12/h1-2,6,9,11-13,16,19-20H,3-5,7-8,10H2. The van der Waals surface area contributed by atoms with Crippen LogP contribution in [0.3, 0.4) is 0 Å². The topological polar surface area (TPSA) is 24.1 Å². The van der Waals surface area contributed by atoms with E-state index in [0.717, 1.165) is 18.7 Å². The lowest BCUT2D eigenvalue weighted by Gasteiger charge is -2.28. The number of thioether (sulfide) groups is 1. The van der Waals surface area contributed by atoms with Gasteiger partial charge in [-0.25, -0.2) is 0 Å². The first-order valence-corrected chi connectivity index (χ1v) is 8.66. The van der Waals surface area contributed by atoms with Gasteiger partial charge in [0.1, 0.15) is 0 Å². The van der Waals surface area contributed by atoms with E-state index in [1.165, 1.54) is 25.7 Å². The van der Waals surface area contributed by atoms with Crippen LogP contribution in [0.15, 0.2) is 29.2 Å². The average molecular weight is 312 g/mol. The Morgan fingerprint density at radius 1 is 1.14 bits per heavy atom. The van der Waals surface area contributed by atoms with E-state index < -0.39 is 5.76 Å². The van der Waals surface area contributed by atoms with Crippen molar-refractivity contribution >= 4 is 17.4 Å². The molecule has 1 aromatic carbocycles. The molecule has 1 aromatic rings. The van der Waals surface area contributed by atoms with E-state index in [4.69, 9.17) is 0 Å². The highest BCUT2D eigenvalue weighted by Gasteiger charge is 2.35. The van der Waals surface area contributed by atoms with E-state index in [2.05, 4.69) is 10.6 Å². The van der Waals surface area contributed by atoms with Crippen LogP contribution in [0.2, 0.25) is 0 Å². The second-order valence-corrected chi connectivity index (χ2v) is 6.95. The third-order valence-corrected chi connectivity index (χ3v) is 5.42. The Balaban J connectivity index is 1.70. The molecule has 0 radical (unpaired) electrons. The summed E-state index contributed by atoms with van der Waals surface area (Å²) < 4.78 is 25.3. The number of alkyl halides is 2. The minimum Gasteiger partial charge on any atom is -0.381 e. The predicted molar refractivity (Wildman–Crippen MR) is 84.1 cm³/mol. The summed E-state index contributed by atoms with van der Waals surface area (Å²) in [6.07, 6.45) is 6.10. The van der Waals surface area contributed by atoms with Crippen molar-refractivity contribution in [3.63, 3.8) is 0 Å². The van der Waals surface area contributed by atoms with Gasteiger partial charge in [-0.05, 0) is 50.3 Å². The minimum absolute atomic E-state index is 0.403. The van der Waals surface area contributed by atoms with Gasteiger partial charge in [-0.3, -0.25) is 0 Å². The Morgan fingerprint density at radius 2 is 2.00 bits per heavy atom. The first kappa shape index (κ1) is 15.1. The van der Waals surface area contributed by atoms with Gasteiger partial charge >= 0.3 is 0 Å². The predicted octanol–water partition coefficient (Wildman–Crippen LogP) is 4.33. The maximum Gasteiger partial charge on any atom is 0.288 e. The first-order chi connectivity index (χ1) is 10.2. The van der Waals surface area contributed by atoms with Gasteiger partial charge in [0, 0.05) is 22.7 Å². The van der Waals surface area contributed by atoms with E-state index >= 15 is 0 Å². The quantitative estimate of drug-likeness (QED) is 0.791. The number of halogens is 2. The van der Waals surface area contributed by atoms with E-state index in [-0.39, 0.29) is 0 Å². The molecule has 1 aliphatic carbocycles. The molecule has 2 nitrogen and oxygen atoms in total.